The first-order valence-electron chi connectivity index (χ1n) is 12.8. The Kier molecular flexibility index (Phi) is 7.75. The van der Waals surface area contributed by atoms with E-state index in [1.807, 2.05) is 44.4 Å². The van der Waals surface area contributed by atoms with Crippen LogP contribution in [0.5, 0.6) is 5.75 Å². The summed E-state index contributed by atoms with van der Waals surface area (Å²) in [4.78, 5) is 35.5. The highest BCUT2D eigenvalue weighted by atomic mass is 32.1. The van der Waals surface area contributed by atoms with Crippen molar-refractivity contribution >= 4 is 23.2 Å². The Bertz CT molecular complexity index is 1540. The molecule has 2 amide bonds. The van der Waals surface area contributed by atoms with Gasteiger partial charge in [0.25, 0.3) is 0 Å². The second-order valence-electron chi connectivity index (χ2n) is 9.58. The molecule has 3 aromatic heterocycles. The molecule has 4 aromatic rings. The Morgan fingerprint density at radius 2 is 2.00 bits per heavy atom. The van der Waals surface area contributed by atoms with Crippen molar-refractivity contribution in [3.63, 3.8) is 0 Å². The minimum atomic E-state index is -0.631. The average Bonchev–Trinajstić information content (AvgIpc) is 3.55. The fraction of sp³-hybridized carbons (Fsp3) is 0.370. The molecule has 0 radical (unpaired) electrons. The molecule has 4 heterocycles. The Morgan fingerprint density at radius 3 is 2.67 bits per heavy atom. The summed E-state index contributed by atoms with van der Waals surface area (Å²) in [6.45, 7) is 8.14. The van der Waals surface area contributed by atoms with Gasteiger partial charge in [0.15, 0.2) is 0 Å². The van der Waals surface area contributed by atoms with E-state index in [2.05, 4.69) is 37.8 Å². The van der Waals surface area contributed by atoms with Crippen LogP contribution < -0.4 is 21.1 Å². The van der Waals surface area contributed by atoms with E-state index in [4.69, 9.17) is 14.1 Å². The smallest absolute Gasteiger partial charge is 0.434 e. The maximum atomic E-state index is 12.2. The second kappa shape index (κ2) is 11.4. The van der Waals surface area contributed by atoms with Crippen LogP contribution in [0.25, 0.3) is 33.2 Å². The Hall–Kier alpha value is -4.03. The van der Waals surface area contributed by atoms with E-state index in [9.17, 15) is 9.59 Å². The van der Waals surface area contributed by atoms with Crippen molar-refractivity contribution < 1.29 is 13.9 Å². The summed E-state index contributed by atoms with van der Waals surface area (Å²) in [6, 6.07) is 5.38. The van der Waals surface area contributed by atoms with Crippen LogP contribution in [0.3, 0.4) is 0 Å². The van der Waals surface area contributed by atoms with E-state index >= 15 is 0 Å². The number of aromatic amines is 1. The fourth-order valence-electron chi connectivity index (χ4n) is 4.54. The summed E-state index contributed by atoms with van der Waals surface area (Å²) < 4.78 is 11.9. The van der Waals surface area contributed by atoms with Crippen LogP contribution in [-0.4, -0.2) is 63.9 Å². The summed E-state index contributed by atoms with van der Waals surface area (Å²) in [5, 5.41) is 14.7. The van der Waals surface area contributed by atoms with E-state index in [0.29, 0.717) is 23.7 Å². The van der Waals surface area contributed by atoms with Gasteiger partial charge < -0.3 is 19.4 Å². The number of anilines is 1. The quantitative estimate of drug-likeness (QED) is 0.307. The lowest BCUT2D eigenvalue weighted by molar-refractivity contribution is 0.114. The highest BCUT2D eigenvalue weighted by Gasteiger charge is 2.23. The molecule has 0 bridgehead atoms. The van der Waals surface area contributed by atoms with Crippen LogP contribution in [0.2, 0.25) is 0 Å². The lowest BCUT2D eigenvalue weighted by atomic mass is 9.96. The van der Waals surface area contributed by atoms with Crippen molar-refractivity contribution in [2.75, 3.05) is 32.0 Å². The summed E-state index contributed by atoms with van der Waals surface area (Å²) in [7, 11) is 2.11. The van der Waals surface area contributed by atoms with Crippen molar-refractivity contribution in [1.29, 1.82) is 0 Å². The number of nitrogens with zero attached hydrogens (tertiary/aromatic N) is 4. The molecule has 0 aliphatic carbocycles. The predicted octanol–water partition coefficient (Wildman–Crippen LogP) is 4.45. The molecule has 3 N–H and O–H groups in total. The zero-order valence-corrected chi connectivity index (χ0v) is 23.1. The van der Waals surface area contributed by atoms with E-state index < -0.39 is 5.76 Å². The monoisotopic (exact) mass is 549 g/mol. The molecule has 1 saturated heterocycles. The lowest BCUT2D eigenvalue weighted by Gasteiger charge is -2.30. The summed E-state index contributed by atoms with van der Waals surface area (Å²) in [5.41, 5.74) is 4.74. The number of H-pyrrole nitrogens is 1. The first-order chi connectivity index (χ1) is 18.8. The number of benzene rings is 1. The lowest BCUT2D eigenvalue weighted by Crippen LogP contribution is -2.35. The number of urea groups is 1. The minimum Gasteiger partial charge on any atom is -0.490 e. The highest BCUT2D eigenvalue weighted by Crippen LogP contribution is 2.40. The molecule has 1 aliphatic rings. The SMILES string of the molecule is CCNC(=O)Nc1cc(-c2nc(C)cs2)c(-c2cc(OC3CCN(C)CC3)c(C)c(-c3n[nH]c(=O)o3)c2)cn1. The van der Waals surface area contributed by atoms with Crippen LogP contribution in [-0.2, 0) is 0 Å². The van der Waals surface area contributed by atoms with Crippen molar-refractivity contribution in [2.24, 2.45) is 0 Å². The third kappa shape index (κ3) is 6.02. The Morgan fingerprint density at radius 1 is 1.21 bits per heavy atom. The first kappa shape index (κ1) is 26.6. The van der Waals surface area contributed by atoms with E-state index in [0.717, 1.165) is 58.9 Å². The number of rotatable bonds is 7. The molecule has 0 spiro atoms. The normalized spacial score (nSPS) is 14.4. The number of carbonyl (C=O) groups is 1. The minimum absolute atomic E-state index is 0.0667. The number of hydrogen-bond acceptors (Lipinski definition) is 9. The van der Waals surface area contributed by atoms with Gasteiger partial charge in [-0.15, -0.1) is 16.4 Å². The van der Waals surface area contributed by atoms with Crippen LogP contribution in [0.4, 0.5) is 10.6 Å². The molecular weight excluding hydrogens is 518 g/mol. The molecule has 0 unspecified atom stereocenters. The number of nitrogens with one attached hydrogen (secondary N) is 3. The summed E-state index contributed by atoms with van der Waals surface area (Å²) in [6.07, 6.45) is 3.61. The molecule has 11 nitrogen and oxygen atoms in total. The zero-order valence-electron chi connectivity index (χ0n) is 22.3. The van der Waals surface area contributed by atoms with Gasteiger partial charge in [-0.3, -0.25) is 5.32 Å². The topological polar surface area (TPSA) is 138 Å². The number of ether oxygens (including phenoxy) is 1. The number of pyridine rings is 1. The van der Waals surface area contributed by atoms with Gasteiger partial charge in [-0.2, -0.15) is 0 Å². The number of aryl methyl sites for hydroxylation is 1. The van der Waals surface area contributed by atoms with Crippen molar-refractivity contribution in [3.05, 3.63) is 51.6 Å². The number of piperidine rings is 1. The van der Waals surface area contributed by atoms with Gasteiger partial charge >= 0.3 is 11.8 Å². The van der Waals surface area contributed by atoms with Crippen molar-refractivity contribution in [1.82, 2.24) is 30.4 Å². The fourth-order valence-corrected chi connectivity index (χ4v) is 5.37. The summed E-state index contributed by atoms with van der Waals surface area (Å²) >= 11 is 1.51. The molecule has 12 heteroatoms. The number of amides is 2. The number of aromatic nitrogens is 4. The predicted molar refractivity (Wildman–Crippen MR) is 150 cm³/mol. The molecule has 1 aromatic carbocycles. The van der Waals surface area contributed by atoms with E-state index in [1.54, 1.807) is 6.20 Å². The molecule has 1 aliphatic heterocycles. The molecule has 39 heavy (non-hydrogen) atoms. The molecule has 0 atom stereocenters. The van der Waals surface area contributed by atoms with Crippen LogP contribution in [0.15, 0.2) is 39.0 Å². The second-order valence-corrected chi connectivity index (χ2v) is 10.4. The number of hydrogen-bond donors (Lipinski definition) is 3. The standard InChI is InChI=1S/C27H31N7O4S/c1-5-28-26(35)31-23-12-20(25-30-15(2)14-39-25)21(13-29-23)17-10-19(24-32-33-27(36)38-24)16(3)22(11-17)37-18-6-8-34(4)9-7-18/h10-14,18H,5-9H2,1-4H3,(H,33,36)(H2,28,29,31,35). The van der Waals surface area contributed by atoms with Crippen LogP contribution in [0, 0.1) is 13.8 Å². The molecule has 0 saturated carbocycles. The Balaban J connectivity index is 1.63. The first-order valence-corrected chi connectivity index (χ1v) is 13.7. The Labute approximate surface area is 229 Å². The number of carbonyl (C=O) groups excluding carboxylic acids is 1. The molecule has 204 valence electrons. The van der Waals surface area contributed by atoms with E-state index in [-0.39, 0.29) is 18.0 Å². The maximum Gasteiger partial charge on any atom is 0.434 e. The molecule has 5 rings (SSSR count). The molecular formula is C27H31N7O4S. The maximum absolute atomic E-state index is 12.2. The van der Waals surface area contributed by atoms with Gasteiger partial charge in [-0.1, -0.05) is 0 Å². The van der Waals surface area contributed by atoms with Gasteiger partial charge in [0.1, 0.15) is 22.7 Å². The van der Waals surface area contributed by atoms with Crippen LogP contribution in [0.1, 0.15) is 31.0 Å². The van der Waals surface area contributed by atoms with Gasteiger partial charge in [0.2, 0.25) is 5.89 Å². The largest absolute Gasteiger partial charge is 0.490 e. The van der Waals surface area contributed by atoms with Crippen molar-refractivity contribution in [2.45, 2.75) is 39.7 Å². The van der Waals surface area contributed by atoms with Gasteiger partial charge in [0.05, 0.1) is 0 Å². The average molecular weight is 550 g/mol. The van der Waals surface area contributed by atoms with Gasteiger partial charge in [0, 0.05) is 59.2 Å². The highest BCUT2D eigenvalue weighted by molar-refractivity contribution is 7.13. The number of thiazole rings is 1. The summed E-state index contributed by atoms with van der Waals surface area (Å²) in [5.74, 6) is 0.644. The third-order valence-corrected chi connectivity index (χ3v) is 7.62. The number of likely N-dealkylation sites (tertiary alicyclic amines) is 1. The molecule has 1 fully saturated rings. The van der Waals surface area contributed by atoms with Crippen molar-refractivity contribution in [3.8, 4) is 38.9 Å². The van der Waals surface area contributed by atoms with Crippen LogP contribution >= 0.6 is 11.3 Å². The van der Waals surface area contributed by atoms with Gasteiger partial charge in [-0.25, -0.2) is 24.7 Å². The van der Waals surface area contributed by atoms with Gasteiger partial charge in [-0.05, 0) is 64.4 Å². The third-order valence-electron chi connectivity index (χ3n) is 6.63. The van der Waals surface area contributed by atoms with E-state index in [1.165, 1.54) is 11.3 Å². The zero-order chi connectivity index (χ0) is 27.5.